The molecule has 2 heteroatoms. The molecule has 13 heavy (non-hydrogen) atoms. The normalized spacial score (nSPS) is 11.7. The van der Waals surface area contributed by atoms with Gasteiger partial charge in [-0.1, -0.05) is 6.07 Å². The molecule has 0 bridgehead atoms. The van der Waals surface area contributed by atoms with E-state index in [4.69, 9.17) is 0 Å². The number of likely N-dealkylation sites (N-methyl/N-ethyl adjacent to an activating group) is 1. The minimum atomic E-state index is 0.124. The molecule has 1 aromatic rings. The topological polar surface area (TPSA) is 24.9 Å². The average molecular weight is 178 g/mol. The van der Waals surface area contributed by atoms with Crippen LogP contribution in [0, 0.1) is 6.92 Å². The van der Waals surface area contributed by atoms with Crippen LogP contribution in [0.4, 0.5) is 0 Å². The van der Waals surface area contributed by atoms with Crippen molar-refractivity contribution in [2.45, 2.75) is 32.7 Å². The predicted octanol–water partition coefficient (Wildman–Crippen LogP) is 1.93. The Kier molecular flexibility index (Phi) is 3.04. The molecule has 1 aromatic heterocycles. The molecule has 0 saturated carbocycles. The first kappa shape index (κ1) is 10.2. The Hall–Kier alpha value is -0.890. The zero-order valence-corrected chi connectivity index (χ0v) is 8.89. The lowest BCUT2D eigenvalue weighted by Gasteiger charge is -2.24. The van der Waals surface area contributed by atoms with Gasteiger partial charge in [0.25, 0.3) is 0 Å². The predicted molar refractivity (Wildman–Crippen MR) is 55.8 cm³/mol. The Balaban J connectivity index is 2.80. The number of hydrogen-bond donors (Lipinski definition) is 1. The summed E-state index contributed by atoms with van der Waals surface area (Å²) < 4.78 is 0. The Morgan fingerprint density at radius 2 is 2.15 bits per heavy atom. The molecule has 1 rings (SSSR count). The second-order valence-electron chi connectivity index (χ2n) is 4.08. The molecule has 0 atom stereocenters. The van der Waals surface area contributed by atoms with Gasteiger partial charge >= 0.3 is 0 Å². The quantitative estimate of drug-likeness (QED) is 0.765. The van der Waals surface area contributed by atoms with Crippen LogP contribution in [-0.2, 0) is 6.42 Å². The summed E-state index contributed by atoms with van der Waals surface area (Å²) in [5.41, 5.74) is 2.58. The van der Waals surface area contributed by atoms with E-state index in [2.05, 4.69) is 37.1 Å². The number of pyridine rings is 1. The van der Waals surface area contributed by atoms with Crippen molar-refractivity contribution in [1.29, 1.82) is 0 Å². The molecule has 0 radical (unpaired) electrons. The fourth-order valence-electron chi connectivity index (χ4n) is 1.21. The van der Waals surface area contributed by atoms with Gasteiger partial charge in [-0.05, 0) is 39.4 Å². The minimum absolute atomic E-state index is 0.124. The van der Waals surface area contributed by atoms with Gasteiger partial charge in [-0.2, -0.15) is 0 Å². The fraction of sp³-hybridized carbons (Fsp3) is 0.545. The molecule has 0 fully saturated rings. The summed E-state index contributed by atoms with van der Waals surface area (Å²) in [6.07, 6.45) is 2.82. The maximum atomic E-state index is 4.37. The number of hydrogen-bond acceptors (Lipinski definition) is 2. The summed E-state index contributed by atoms with van der Waals surface area (Å²) in [4.78, 5) is 4.37. The number of aromatic nitrogens is 1. The lowest BCUT2D eigenvalue weighted by atomic mass is 9.96. The molecule has 1 heterocycles. The van der Waals surface area contributed by atoms with Crippen molar-refractivity contribution in [3.05, 3.63) is 29.6 Å². The Morgan fingerprint density at radius 3 is 2.69 bits per heavy atom. The van der Waals surface area contributed by atoms with Crippen molar-refractivity contribution in [2.24, 2.45) is 0 Å². The van der Waals surface area contributed by atoms with Crippen LogP contribution < -0.4 is 5.32 Å². The Labute approximate surface area is 80.4 Å². The largest absolute Gasteiger partial charge is 0.314 e. The molecule has 0 aliphatic heterocycles. The van der Waals surface area contributed by atoms with E-state index in [1.54, 1.807) is 0 Å². The fourth-order valence-corrected chi connectivity index (χ4v) is 1.21. The van der Waals surface area contributed by atoms with Crippen molar-refractivity contribution in [1.82, 2.24) is 10.3 Å². The van der Waals surface area contributed by atoms with Crippen LogP contribution in [0.1, 0.15) is 25.1 Å². The molecule has 72 valence electrons. The van der Waals surface area contributed by atoms with E-state index in [1.807, 2.05) is 19.3 Å². The first-order valence-electron chi connectivity index (χ1n) is 4.64. The van der Waals surface area contributed by atoms with Crippen LogP contribution >= 0.6 is 0 Å². The van der Waals surface area contributed by atoms with Crippen molar-refractivity contribution in [2.75, 3.05) is 7.05 Å². The molecule has 0 aliphatic carbocycles. The zero-order valence-electron chi connectivity index (χ0n) is 8.89. The summed E-state index contributed by atoms with van der Waals surface area (Å²) in [6, 6.07) is 4.08. The first-order valence-corrected chi connectivity index (χ1v) is 4.64. The van der Waals surface area contributed by atoms with Gasteiger partial charge in [0.2, 0.25) is 0 Å². The minimum Gasteiger partial charge on any atom is -0.314 e. The van der Waals surface area contributed by atoms with Gasteiger partial charge in [-0.25, -0.2) is 0 Å². The van der Waals surface area contributed by atoms with E-state index in [0.29, 0.717) is 0 Å². The van der Waals surface area contributed by atoms with Crippen molar-refractivity contribution in [3.63, 3.8) is 0 Å². The molecule has 0 aliphatic rings. The van der Waals surface area contributed by atoms with Crippen molar-refractivity contribution >= 4 is 0 Å². The summed E-state index contributed by atoms with van der Waals surface area (Å²) in [5, 5.41) is 3.28. The monoisotopic (exact) mass is 178 g/mol. The van der Waals surface area contributed by atoms with Gasteiger partial charge in [0.05, 0.1) is 0 Å². The number of aryl methyl sites for hydroxylation is 1. The summed E-state index contributed by atoms with van der Waals surface area (Å²) in [7, 11) is 1.98. The Bertz CT molecular complexity index is 279. The SMILES string of the molecule is CNC(C)(C)Cc1ncccc1C. The molecule has 0 unspecified atom stereocenters. The molecule has 0 spiro atoms. The number of nitrogens with one attached hydrogen (secondary N) is 1. The van der Waals surface area contributed by atoms with E-state index in [1.165, 1.54) is 11.3 Å². The third-order valence-corrected chi connectivity index (χ3v) is 2.40. The van der Waals surface area contributed by atoms with Gasteiger partial charge in [0.15, 0.2) is 0 Å². The number of rotatable bonds is 3. The highest BCUT2D eigenvalue weighted by atomic mass is 14.9. The molecule has 0 aromatic carbocycles. The van der Waals surface area contributed by atoms with Crippen LogP contribution in [0.15, 0.2) is 18.3 Å². The summed E-state index contributed by atoms with van der Waals surface area (Å²) in [5.74, 6) is 0. The van der Waals surface area contributed by atoms with E-state index in [0.717, 1.165) is 6.42 Å². The average Bonchev–Trinajstić information content (AvgIpc) is 2.09. The molecular weight excluding hydrogens is 160 g/mol. The van der Waals surface area contributed by atoms with E-state index >= 15 is 0 Å². The van der Waals surface area contributed by atoms with E-state index < -0.39 is 0 Å². The first-order chi connectivity index (χ1) is 6.05. The van der Waals surface area contributed by atoms with Gasteiger partial charge in [0, 0.05) is 23.9 Å². The van der Waals surface area contributed by atoms with Gasteiger partial charge < -0.3 is 5.32 Å². The molecule has 0 amide bonds. The van der Waals surface area contributed by atoms with Crippen molar-refractivity contribution in [3.8, 4) is 0 Å². The number of nitrogens with zero attached hydrogens (tertiary/aromatic N) is 1. The second-order valence-corrected chi connectivity index (χ2v) is 4.08. The smallest absolute Gasteiger partial charge is 0.0450 e. The van der Waals surface area contributed by atoms with E-state index in [-0.39, 0.29) is 5.54 Å². The lowest BCUT2D eigenvalue weighted by molar-refractivity contribution is 0.417. The van der Waals surface area contributed by atoms with Crippen LogP contribution in [-0.4, -0.2) is 17.6 Å². The third-order valence-electron chi connectivity index (χ3n) is 2.40. The van der Waals surface area contributed by atoms with Crippen LogP contribution in [0.2, 0.25) is 0 Å². The van der Waals surface area contributed by atoms with Crippen LogP contribution in [0.5, 0.6) is 0 Å². The maximum absolute atomic E-state index is 4.37. The summed E-state index contributed by atoms with van der Waals surface area (Å²) >= 11 is 0. The third kappa shape index (κ3) is 2.81. The van der Waals surface area contributed by atoms with Crippen molar-refractivity contribution < 1.29 is 0 Å². The van der Waals surface area contributed by atoms with E-state index in [9.17, 15) is 0 Å². The summed E-state index contributed by atoms with van der Waals surface area (Å²) in [6.45, 7) is 6.47. The van der Waals surface area contributed by atoms with Crippen LogP contribution in [0.25, 0.3) is 0 Å². The molecular formula is C11H18N2. The van der Waals surface area contributed by atoms with Crippen LogP contribution in [0.3, 0.4) is 0 Å². The maximum Gasteiger partial charge on any atom is 0.0450 e. The van der Waals surface area contributed by atoms with Gasteiger partial charge in [-0.15, -0.1) is 0 Å². The Morgan fingerprint density at radius 1 is 1.46 bits per heavy atom. The van der Waals surface area contributed by atoms with Gasteiger partial charge in [0.1, 0.15) is 0 Å². The highest BCUT2D eigenvalue weighted by Crippen LogP contribution is 2.12. The highest BCUT2D eigenvalue weighted by Gasteiger charge is 2.16. The second kappa shape index (κ2) is 3.88. The standard InChI is InChI=1S/C11H18N2/c1-9-6-5-7-13-10(9)8-11(2,3)12-4/h5-7,12H,8H2,1-4H3. The highest BCUT2D eigenvalue weighted by molar-refractivity contribution is 5.19. The molecule has 0 saturated heterocycles. The molecule has 1 N–H and O–H groups in total. The molecule has 2 nitrogen and oxygen atoms in total. The zero-order chi connectivity index (χ0) is 9.90. The van der Waals surface area contributed by atoms with Gasteiger partial charge in [-0.3, -0.25) is 4.98 Å². The lowest BCUT2D eigenvalue weighted by Crippen LogP contribution is -2.38.